The van der Waals surface area contributed by atoms with Gasteiger partial charge in [-0.1, -0.05) is 0 Å². The van der Waals surface area contributed by atoms with Gasteiger partial charge in [-0.05, 0) is 51.6 Å². The Labute approximate surface area is 146 Å². The van der Waals surface area contributed by atoms with E-state index in [9.17, 15) is 4.79 Å². The normalized spacial score (nSPS) is 11.6. The quantitative estimate of drug-likeness (QED) is 0.328. The molecule has 0 aromatic carbocycles. The molecule has 0 radical (unpaired) electrons. The summed E-state index contributed by atoms with van der Waals surface area (Å²) in [7, 11) is -2.66. The van der Waals surface area contributed by atoms with E-state index in [0.29, 0.717) is 43.6 Å². The predicted octanol–water partition coefficient (Wildman–Crippen LogP) is 2.60. The highest BCUT2D eigenvalue weighted by Crippen LogP contribution is 2.17. The van der Waals surface area contributed by atoms with Crippen LogP contribution in [0.15, 0.2) is 0 Å². The third-order valence-electron chi connectivity index (χ3n) is 2.87. The van der Waals surface area contributed by atoms with Crippen molar-refractivity contribution in [3.63, 3.8) is 0 Å². The zero-order valence-corrected chi connectivity index (χ0v) is 16.3. The number of carbonyl (C=O) groups excluding carboxylic acids is 1. The molecule has 1 amide bonds. The molecule has 1 heterocycles. The van der Waals surface area contributed by atoms with Crippen molar-refractivity contribution >= 4 is 39.3 Å². The van der Waals surface area contributed by atoms with Gasteiger partial charge in [0.15, 0.2) is 4.77 Å². The molecule has 132 valence electrons. The Hall–Kier alpha value is -0.853. The van der Waals surface area contributed by atoms with Gasteiger partial charge < -0.3 is 23.6 Å². The highest BCUT2D eigenvalue weighted by molar-refractivity contribution is 7.72. The lowest BCUT2D eigenvalue weighted by Gasteiger charge is -2.28. The van der Waals surface area contributed by atoms with E-state index in [-0.39, 0.29) is 10.8 Å². The van der Waals surface area contributed by atoms with E-state index in [1.165, 1.54) is 0 Å². The Morgan fingerprint density at radius 2 is 1.74 bits per heavy atom. The average molecular weight is 381 g/mol. The molecule has 0 atom stereocenters. The first kappa shape index (κ1) is 20.2. The summed E-state index contributed by atoms with van der Waals surface area (Å²) in [6.45, 7) is 7.80. The lowest BCUT2D eigenvalue weighted by molar-refractivity contribution is 0.0708. The summed E-state index contributed by atoms with van der Waals surface area (Å²) in [6.07, 6.45) is 0.677. The zero-order valence-electron chi connectivity index (χ0n) is 13.6. The number of amides is 1. The summed E-state index contributed by atoms with van der Waals surface area (Å²) >= 11 is 9.87. The van der Waals surface area contributed by atoms with Crippen molar-refractivity contribution in [3.8, 4) is 0 Å². The number of rotatable bonds is 10. The maximum absolute atomic E-state index is 12.0. The first-order chi connectivity index (χ1) is 11.0. The predicted molar refractivity (Wildman–Crippen MR) is 93.7 cm³/mol. The highest BCUT2D eigenvalue weighted by atomic mass is 32.1. The van der Waals surface area contributed by atoms with Gasteiger partial charge in [-0.3, -0.25) is 5.10 Å². The van der Waals surface area contributed by atoms with E-state index < -0.39 is 8.80 Å². The molecule has 0 saturated carbocycles. The molecule has 0 unspecified atom stereocenters. The Kier molecular flexibility index (Phi) is 8.87. The van der Waals surface area contributed by atoms with Crippen LogP contribution in [-0.2, 0) is 13.3 Å². The summed E-state index contributed by atoms with van der Waals surface area (Å²) in [5.74, 6) is 0. The van der Waals surface area contributed by atoms with Crippen LogP contribution in [-0.4, -0.2) is 56.0 Å². The Morgan fingerprint density at radius 3 is 2.17 bits per heavy atom. The summed E-state index contributed by atoms with van der Waals surface area (Å²) in [6, 6.07) is 0.274. The van der Waals surface area contributed by atoms with E-state index in [2.05, 4.69) is 15.4 Å². The number of hydrogen-bond donors (Lipinski definition) is 3. The van der Waals surface area contributed by atoms with E-state index in [4.69, 9.17) is 37.7 Å². The molecule has 0 aliphatic carbocycles. The van der Waals surface area contributed by atoms with Crippen molar-refractivity contribution < 1.29 is 18.1 Å². The number of aromatic amines is 2. The second kappa shape index (κ2) is 10.1. The minimum absolute atomic E-state index is 0.231. The first-order valence-electron chi connectivity index (χ1n) is 7.59. The summed E-state index contributed by atoms with van der Waals surface area (Å²) < 4.78 is 19.0. The molecule has 23 heavy (non-hydrogen) atoms. The summed E-state index contributed by atoms with van der Waals surface area (Å²) in [4.78, 5) is 14.7. The van der Waals surface area contributed by atoms with Crippen LogP contribution in [0.5, 0.6) is 0 Å². The topological polar surface area (TPSA) is 93.3 Å². The number of carbonyl (C=O) groups is 1. The molecule has 1 aromatic rings. The number of aromatic nitrogens is 3. The summed E-state index contributed by atoms with van der Waals surface area (Å²) in [5, 5.41) is 5.42. The molecule has 1 aromatic heterocycles. The molecule has 11 heteroatoms. The lowest BCUT2D eigenvalue weighted by Crippen LogP contribution is -2.46. The number of nitrogens with zero attached hydrogens (tertiary/aromatic N) is 1. The fraction of sp³-hybridized carbons (Fsp3) is 0.750. The van der Waals surface area contributed by atoms with Gasteiger partial charge >= 0.3 is 14.8 Å². The zero-order chi connectivity index (χ0) is 17.3. The van der Waals surface area contributed by atoms with E-state index in [0.717, 1.165) is 4.68 Å². The van der Waals surface area contributed by atoms with Crippen LogP contribution in [0.4, 0.5) is 4.79 Å². The molecular formula is C12H24N4O4S2Si. The Morgan fingerprint density at radius 1 is 1.17 bits per heavy atom. The minimum atomic E-state index is -2.66. The van der Waals surface area contributed by atoms with Gasteiger partial charge in [0.2, 0.25) is 4.77 Å². The molecule has 0 spiro atoms. The van der Waals surface area contributed by atoms with Crippen LogP contribution < -0.4 is 5.32 Å². The molecule has 1 rings (SSSR count). The van der Waals surface area contributed by atoms with E-state index >= 15 is 0 Å². The van der Waals surface area contributed by atoms with Gasteiger partial charge in [0, 0.05) is 32.4 Å². The monoisotopic (exact) mass is 380 g/mol. The van der Waals surface area contributed by atoms with Crippen molar-refractivity contribution in [3.05, 3.63) is 9.54 Å². The van der Waals surface area contributed by atoms with Crippen molar-refractivity contribution in [2.45, 2.75) is 33.2 Å². The number of H-pyrrole nitrogens is 2. The van der Waals surface area contributed by atoms with E-state index in [1.54, 1.807) is 0 Å². The van der Waals surface area contributed by atoms with Gasteiger partial charge in [-0.2, -0.15) is 4.68 Å². The average Bonchev–Trinajstić information content (AvgIpc) is 2.83. The molecular weight excluding hydrogens is 356 g/mol. The number of nitrogens with one attached hydrogen (secondary N) is 3. The van der Waals surface area contributed by atoms with Crippen LogP contribution in [0.2, 0.25) is 6.04 Å². The lowest BCUT2D eigenvalue weighted by atomic mass is 10.5. The fourth-order valence-corrected chi connectivity index (χ4v) is 5.15. The van der Waals surface area contributed by atoms with Crippen molar-refractivity contribution in [2.75, 3.05) is 26.4 Å². The van der Waals surface area contributed by atoms with Gasteiger partial charge in [-0.25, -0.2) is 4.79 Å². The Balaban J connectivity index is 2.52. The third-order valence-corrected chi connectivity index (χ3v) is 6.50. The third kappa shape index (κ3) is 6.28. The Bertz CT molecular complexity index is 583. The first-order valence-corrected chi connectivity index (χ1v) is 10.3. The number of hydrogen-bond acceptors (Lipinski definition) is 6. The molecule has 0 aliphatic heterocycles. The molecule has 0 bridgehead atoms. The van der Waals surface area contributed by atoms with Crippen LogP contribution >= 0.6 is 24.4 Å². The largest absolute Gasteiger partial charge is 0.500 e. The second-order valence-corrected chi connectivity index (χ2v) is 8.05. The molecule has 3 N–H and O–H groups in total. The maximum atomic E-state index is 12.0. The van der Waals surface area contributed by atoms with Crippen LogP contribution in [0, 0.1) is 9.54 Å². The van der Waals surface area contributed by atoms with Crippen LogP contribution in [0.25, 0.3) is 0 Å². The van der Waals surface area contributed by atoms with Crippen LogP contribution in [0.3, 0.4) is 0 Å². The second-order valence-electron chi connectivity index (χ2n) is 4.52. The smallest absolute Gasteiger partial charge is 0.374 e. The van der Waals surface area contributed by atoms with Gasteiger partial charge in [-0.15, -0.1) is 0 Å². The van der Waals surface area contributed by atoms with Gasteiger partial charge in [0.25, 0.3) is 0 Å². The van der Waals surface area contributed by atoms with Crippen LogP contribution in [0.1, 0.15) is 27.2 Å². The fourth-order valence-electron chi connectivity index (χ4n) is 2.06. The van der Waals surface area contributed by atoms with Crippen molar-refractivity contribution in [1.29, 1.82) is 0 Å². The standard InChI is InChI=1S/C12H24N4O4S2Si/c1-4-18-23(19-5-2,20-6-3)9-7-8-13-11(17)16-12(22)14-10(21)15-16/h4-9H2,1-3H3,(H,13,17)(H2,14,15,21,22). The molecule has 0 saturated heterocycles. The highest BCUT2D eigenvalue weighted by Gasteiger charge is 2.39. The molecule has 8 nitrogen and oxygen atoms in total. The van der Waals surface area contributed by atoms with Crippen molar-refractivity contribution in [1.82, 2.24) is 20.1 Å². The molecule has 0 fully saturated rings. The molecule has 0 aliphatic rings. The summed E-state index contributed by atoms with van der Waals surface area (Å²) in [5.41, 5.74) is 0. The van der Waals surface area contributed by atoms with Gasteiger partial charge in [0.05, 0.1) is 0 Å². The van der Waals surface area contributed by atoms with E-state index in [1.807, 2.05) is 20.8 Å². The van der Waals surface area contributed by atoms with Crippen molar-refractivity contribution in [2.24, 2.45) is 0 Å². The maximum Gasteiger partial charge on any atom is 0.500 e. The SMILES string of the molecule is CCO[Si](CCCNC(=O)n1[nH]c(=S)[nH]c1=S)(OCC)OCC. The minimum Gasteiger partial charge on any atom is -0.374 e. The van der Waals surface area contributed by atoms with Gasteiger partial charge in [0.1, 0.15) is 0 Å².